The van der Waals surface area contributed by atoms with Crippen LogP contribution in [-0.2, 0) is 7.05 Å². The van der Waals surface area contributed by atoms with E-state index in [4.69, 9.17) is 11.6 Å². The second-order valence-electron chi connectivity index (χ2n) is 4.03. The Morgan fingerprint density at radius 1 is 1.18 bits per heavy atom. The third kappa shape index (κ3) is 1.71. The molecule has 0 atom stereocenters. The first-order valence-electron chi connectivity index (χ1n) is 5.41. The summed E-state index contributed by atoms with van der Waals surface area (Å²) in [5.41, 5.74) is 3.44. The van der Waals surface area contributed by atoms with Gasteiger partial charge in [0.2, 0.25) is 0 Å². The molecule has 0 radical (unpaired) electrons. The fourth-order valence-corrected chi connectivity index (χ4v) is 2.29. The average Bonchev–Trinajstić information content (AvgIpc) is 2.67. The van der Waals surface area contributed by atoms with E-state index in [-0.39, 0.29) is 0 Å². The Labute approximate surface area is 104 Å². The standard InChI is InChI=1S/C14H11ClN2/c1-17-13-5-4-12(15)7-11(13)8-14(17)10-3-2-6-16-9-10/h2-9H,1H3. The van der Waals surface area contributed by atoms with Crippen LogP contribution in [0.15, 0.2) is 48.8 Å². The molecule has 3 heteroatoms. The minimum Gasteiger partial charge on any atom is -0.344 e. The van der Waals surface area contributed by atoms with E-state index >= 15 is 0 Å². The predicted molar refractivity (Wildman–Crippen MR) is 71.2 cm³/mol. The highest BCUT2D eigenvalue weighted by Gasteiger charge is 2.07. The van der Waals surface area contributed by atoms with Crippen molar-refractivity contribution in [3.63, 3.8) is 0 Å². The normalized spacial score (nSPS) is 10.9. The summed E-state index contributed by atoms with van der Waals surface area (Å²) < 4.78 is 2.16. The maximum Gasteiger partial charge on any atom is 0.0504 e. The van der Waals surface area contributed by atoms with Gasteiger partial charge in [-0.3, -0.25) is 4.98 Å². The van der Waals surface area contributed by atoms with Crippen LogP contribution in [0.2, 0.25) is 5.02 Å². The molecule has 0 saturated heterocycles. The van der Waals surface area contributed by atoms with Gasteiger partial charge in [-0.2, -0.15) is 0 Å². The number of pyridine rings is 1. The van der Waals surface area contributed by atoms with Crippen LogP contribution in [0.5, 0.6) is 0 Å². The number of nitrogens with zero attached hydrogens (tertiary/aromatic N) is 2. The first-order chi connectivity index (χ1) is 8.25. The van der Waals surface area contributed by atoms with Crippen LogP contribution in [0, 0.1) is 0 Å². The Hall–Kier alpha value is -1.80. The molecule has 0 aliphatic heterocycles. The molecule has 0 N–H and O–H groups in total. The number of aromatic nitrogens is 2. The van der Waals surface area contributed by atoms with E-state index in [1.54, 1.807) is 6.20 Å². The van der Waals surface area contributed by atoms with Gasteiger partial charge in [-0.05, 0) is 36.4 Å². The molecule has 1 aromatic carbocycles. The lowest BCUT2D eigenvalue weighted by atomic mass is 10.2. The zero-order valence-corrected chi connectivity index (χ0v) is 10.1. The molecular weight excluding hydrogens is 232 g/mol. The van der Waals surface area contributed by atoms with Gasteiger partial charge < -0.3 is 4.57 Å². The second kappa shape index (κ2) is 3.90. The molecule has 0 amide bonds. The fourth-order valence-electron chi connectivity index (χ4n) is 2.11. The highest BCUT2D eigenvalue weighted by Crippen LogP contribution is 2.28. The third-order valence-corrected chi connectivity index (χ3v) is 3.20. The van der Waals surface area contributed by atoms with E-state index in [2.05, 4.69) is 28.7 Å². The number of hydrogen-bond donors (Lipinski definition) is 0. The van der Waals surface area contributed by atoms with E-state index in [1.807, 2.05) is 30.5 Å². The third-order valence-electron chi connectivity index (χ3n) is 2.96. The highest BCUT2D eigenvalue weighted by molar-refractivity contribution is 6.31. The maximum absolute atomic E-state index is 6.00. The number of fused-ring (bicyclic) bond motifs is 1. The zero-order chi connectivity index (χ0) is 11.8. The summed E-state index contributed by atoms with van der Waals surface area (Å²) in [5, 5.41) is 1.92. The predicted octanol–water partition coefficient (Wildman–Crippen LogP) is 3.89. The summed E-state index contributed by atoms with van der Waals surface area (Å²) in [6, 6.07) is 12.1. The summed E-state index contributed by atoms with van der Waals surface area (Å²) in [6.07, 6.45) is 3.65. The Morgan fingerprint density at radius 2 is 2.06 bits per heavy atom. The van der Waals surface area contributed by atoms with Crippen molar-refractivity contribution >= 4 is 22.5 Å². The lowest BCUT2D eigenvalue weighted by Crippen LogP contribution is -1.91. The van der Waals surface area contributed by atoms with Crippen molar-refractivity contribution in [2.45, 2.75) is 0 Å². The van der Waals surface area contributed by atoms with Gasteiger partial charge in [0.05, 0.1) is 5.69 Å². The topological polar surface area (TPSA) is 17.8 Å². The molecular formula is C14H11ClN2. The molecule has 0 spiro atoms. The van der Waals surface area contributed by atoms with Crippen molar-refractivity contribution in [2.24, 2.45) is 7.05 Å². The zero-order valence-electron chi connectivity index (χ0n) is 9.39. The monoisotopic (exact) mass is 242 g/mol. The quantitative estimate of drug-likeness (QED) is 0.633. The van der Waals surface area contributed by atoms with Crippen molar-refractivity contribution < 1.29 is 0 Å². The van der Waals surface area contributed by atoms with Gasteiger partial charge in [-0.1, -0.05) is 11.6 Å². The molecule has 3 rings (SSSR count). The number of halogens is 1. The largest absolute Gasteiger partial charge is 0.344 e. The summed E-state index contributed by atoms with van der Waals surface area (Å²) in [6.45, 7) is 0. The van der Waals surface area contributed by atoms with Crippen LogP contribution in [0.25, 0.3) is 22.2 Å². The average molecular weight is 243 g/mol. The highest BCUT2D eigenvalue weighted by atomic mass is 35.5. The summed E-state index contributed by atoms with van der Waals surface area (Å²) >= 11 is 6.00. The molecule has 0 saturated carbocycles. The second-order valence-corrected chi connectivity index (χ2v) is 4.47. The Morgan fingerprint density at radius 3 is 2.82 bits per heavy atom. The van der Waals surface area contributed by atoms with E-state index in [9.17, 15) is 0 Å². The Kier molecular flexibility index (Phi) is 2.37. The number of benzene rings is 1. The van der Waals surface area contributed by atoms with Crippen LogP contribution in [0.4, 0.5) is 0 Å². The van der Waals surface area contributed by atoms with Gasteiger partial charge >= 0.3 is 0 Å². The Balaban J connectivity index is 2.28. The summed E-state index contributed by atoms with van der Waals surface area (Å²) in [7, 11) is 2.05. The van der Waals surface area contributed by atoms with Crippen LogP contribution < -0.4 is 0 Å². The van der Waals surface area contributed by atoms with E-state index in [0.717, 1.165) is 21.7 Å². The van der Waals surface area contributed by atoms with Gasteiger partial charge in [0.15, 0.2) is 0 Å². The smallest absolute Gasteiger partial charge is 0.0504 e. The summed E-state index contributed by atoms with van der Waals surface area (Å²) in [5.74, 6) is 0. The van der Waals surface area contributed by atoms with Gasteiger partial charge in [-0.15, -0.1) is 0 Å². The van der Waals surface area contributed by atoms with E-state index in [0.29, 0.717) is 0 Å². The van der Waals surface area contributed by atoms with E-state index < -0.39 is 0 Å². The Bertz CT molecular complexity index is 671. The van der Waals surface area contributed by atoms with Crippen LogP contribution in [-0.4, -0.2) is 9.55 Å². The molecule has 3 aromatic rings. The van der Waals surface area contributed by atoms with Crippen molar-refractivity contribution in [2.75, 3.05) is 0 Å². The molecule has 17 heavy (non-hydrogen) atoms. The van der Waals surface area contributed by atoms with Gasteiger partial charge in [0.25, 0.3) is 0 Å². The van der Waals surface area contributed by atoms with Crippen molar-refractivity contribution in [3.8, 4) is 11.3 Å². The molecule has 2 aromatic heterocycles. The molecule has 0 aliphatic carbocycles. The molecule has 0 fully saturated rings. The lowest BCUT2D eigenvalue weighted by Gasteiger charge is -2.03. The molecule has 0 unspecified atom stereocenters. The molecule has 84 valence electrons. The van der Waals surface area contributed by atoms with Gasteiger partial charge in [0, 0.05) is 40.9 Å². The number of hydrogen-bond acceptors (Lipinski definition) is 1. The van der Waals surface area contributed by atoms with Gasteiger partial charge in [-0.25, -0.2) is 0 Å². The first kappa shape index (κ1) is 10.4. The maximum atomic E-state index is 6.00. The van der Waals surface area contributed by atoms with Crippen molar-refractivity contribution in [3.05, 3.63) is 53.8 Å². The van der Waals surface area contributed by atoms with Crippen LogP contribution >= 0.6 is 11.6 Å². The van der Waals surface area contributed by atoms with Crippen molar-refractivity contribution in [1.29, 1.82) is 0 Å². The SMILES string of the molecule is Cn1c(-c2cccnc2)cc2cc(Cl)ccc21. The summed E-state index contributed by atoms with van der Waals surface area (Å²) in [4.78, 5) is 4.15. The van der Waals surface area contributed by atoms with Crippen LogP contribution in [0.1, 0.15) is 0 Å². The number of aryl methyl sites for hydroxylation is 1. The minimum absolute atomic E-state index is 0.765. The lowest BCUT2D eigenvalue weighted by molar-refractivity contribution is 0.977. The van der Waals surface area contributed by atoms with Crippen LogP contribution in [0.3, 0.4) is 0 Å². The molecule has 0 bridgehead atoms. The molecule has 2 heterocycles. The minimum atomic E-state index is 0.765. The first-order valence-corrected chi connectivity index (χ1v) is 5.79. The fraction of sp³-hybridized carbons (Fsp3) is 0.0714. The van der Waals surface area contributed by atoms with E-state index in [1.165, 1.54) is 5.52 Å². The molecule has 0 aliphatic rings. The molecule has 2 nitrogen and oxygen atoms in total. The number of rotatable bonds is 1. The van der Waals surface area contributed by atoms with Crippen molar-refractivity contribution in [1.82, 2.24) is 9.55 Å². The van der Waals surface area contributed by atoms with Gasteiger partial charge in [0.1, 0.15) is 0 Å².